The molecule has 25 heavy (non-hydrogen) atoms. The van der Waals surface area contributed by atoms with Gasteiger partial charge in [-0.15, -0.1) is 24.0 Å². The van der Waals surface area contributed by atoms with Crippen molar-refractivity contribution in [2.45, 2.75) is 45.3 Å². The van der Waals surface area contributed by atoms with Crippen molar-refractivity contribution in [3.05, 3.63) is 28.2 Å². The van der Waals surface area contributed by atoms with E-state index >= 15 is 0 Å². The molecule has 5 nitrogen and oxygen atoms in total. The highest BCUT2D eigenvalue weighted by Crippen LogP contribution is 2.25. The fourth-order valence-electron chi connectivity index (χ4n) is 2.95. The van der Waals surface area contributed by atoms with Crippen molar-refractivity contribution < 1.29 is 4.74 Å². The van der Waals surface area contributed by atoms with Gasteiger partial charge in [0.25, 0.3) is 0 Å². The summed E-state index contributed by atoms with van der Waals surface area (Å²) in [6.07, 6.45) is 2.32. The number of halogens is 2. The highest BCUT2D eigenvalue weighted by molar-refractivity contribution is 14.0. The molecule has 1 aliphatic rings. The number of hydrogen-bond acceptors (Lipinski definition) is 3. The molecular formula is C18H30BrIN4O. The predicted molar refractivity (Wildman–Crippen MR) is 119 cm³/mol. The van der Waals surface area contributed by atoms with Crippen LogP contribution in [0.4, 0.5) is 0 Å². The van der Waals surface area contributed by atoms with Crippen LogP contribution in [0.15, 0.2) is 27.7 Å². The summed E-state index contributed by atoms with van der Waals surface area (Å²) in [5.41, 5.74) is 1.18. The van der Waals surface area contributed by atoms with Gasteiger partial charge in [-0.2, -0.15) is 0 Å². The van der Waals surface area contributed by atoms with Crippen LogP contribution in [0.5, 0.6) is 5.75 Å². The molecule has 0 aliphatic carbocycles. The molecule has 0 bridgehead atoms. The molecule has 0 aromatic heterocycles. The standard InChI is InChI=1S/C18H29BrN4O.HI/c1-13(2)23-9-7-15(8-10-23)22-18(20-3)21-12-14-5-6-17(24-4)16(19)11-14;/h5-6,11,13,15H,7-10,12H2,1-4H3,(H2,20,21,22);1H. The molecule has 1 aromatic carbocycles. The maximum Gasteiger partial charge on any atom is 0.191 e. The van der Waals surface area contributed by atoms with Crippen LogP contribution >= 0.6 is 39.9 Å². The fraction of sp³-hybridized carbons (Fsp3) is 0.611. The van der Waals surface area contributed by atoms with Gasteiger partial charge in [0.1, 0.15) is 5.75 Å². The Morgan fingerprint density at radius 2 is 2.04 bits per heavy atom. The zero-order valence-electron chi connectivity index (χ0n) is 15.5. The van der Waals surface area contributed by atoms with E-state index in [1.165, 1.54) is 5.56 Å². The van der Waals surface area contributed by atoms with Crippen LogP contribution in [0.2, 0.25) is 0 Å². The van der Waals surface area contributed by atoms with Crippen LogP contribution in [-0.2, 0) is 6.54 Å². The topological polar surface area (TPSA) is 48.9 Å². The van der Waals surface area contributed by atoms with Crippen LogP contribution < -0.4 is 15.4 Å². The lowest BCUT2D eigenvalue weighted by atomic mass is 10.0. The van der Waals surface area contributed by atoms with Crippen molar-refractivity contribution in [1.29, 1.82) is 0 Å². The Labute approximate surface area is 177 Å². The van der Waals surface area contributed by atoms with Gasteiger partial charge in [-0.3, -0.25) is 4.99 Å². The summed E-state index contributed by atoms with van der Waals surface area (Å²) in [5.74, 6) is 1.71. The minimum absolute atomic E-state index is 0. The molecule has 1 fully saturated rings. The lowest BCUT2D eigenvalue weighted by molar-refractivity contribution is 0.167. The second-order valence-corrected chi connectivity index (χ2v) is 7.30. The maximum absolute atomic E-state index is 5.27. The van der Waals surface area contributed by atoms with Crippen LogP contribution in [0.1, 0.15) is 32.3 Å². The van der Waals surface area contributed by atoms with E-state index < -0.39 is 0 Å². The fourth-order valence-corrected chi connectivity index (χ4v) is 3.54. The second kappa shape index (κ2) is 11.2. The normalized spacial score (nSPS) is 16.5. The minimum Gasteiger partial charge on any atom is -0.496 e. The van der Waals surface area contributed by atoms with Crippen LogP contribution in [0, 0.1) is 0 Å². The third kappa shape index (κ3) is 6.94. The number of hydrogen-bond donors (Lipinski definition) is 2. The summed E-state index contributed by atoms with van der Waals surface area (Å²) in [7, 11) is 3.50. The number of guanidine groups is 1. The van der Waals surface area contributed by atoms with Crippen molar-refractivity contribution in [1.82, 2.24) is 15.5 Å². The number of rotatable bonds is 5. The summed E-state index contributed by atoms with van der Waals surface area (Å²) >= 11 is 3.52. The van der Waals surface area contributed by atoms with Gasteiger partial charge in [0.05, 0.1) is 11.6 Å². The van der Waals surface area contributed by atoms with Crippen LogP contribution in [0.3, 0.4) is 0 Å². The molecule has 2 N–H and O–H groups in total. The van der Waals surface area contributed by atoms with Crippen molar-refractivity contribution in [3.8, 4) is 5.75 Å². The molecule has 7 heteroatoms. The average Bonchev–Trinajstić information content (AvgIpc) is 2.59. The molecule has 0 atom stereocenters. The van der Waals surface area contributed by atoms with E-state index in [1.54, 1.807) is 7.11 Å². The molecule has 142 valence electrons. The number of aliphatic imine (C=N–C) groups is 1. The lowest BCUT2D eigenvalue weighted by Gasteiger charge is -2.35. The van der Waals surface area contributed by atoms with E-state index in [0.717, 1.165) is 48.7 Å². The first kappa shape index (κ1) is 22.5. The molecule has 0 saturated carbocycles. The van der Waals surface area contributed by atoms with Gasteiger partial charge < -0.3 is 20.3 Å². The highest BCUT2D eigenvalue weighted by atomic mass is 127. The van der Waals surface area contributed by atoms with Crippen molar-refractivity contribution in [2.75, 3.05) is 27.2 Å². The third-order valence-corrected chi connectivity index (χ3v) is 5.12. The quantitative estimate of drug-likeness (QED) is 0.351. The number of methoxy groups -OCH3 is 1. The van der Waals surface area contributed by atoms with Crippen molar-refractivity contribution in [2.24, 2.45) is 4.99 Å². The van der Waals surface area contributed by atoms with E-state index in [-0.39, 0.29) is 24.0 Å². The van der Waals surface area contributed by atoms with Gasteiger partial charge in [-0.1, -0.05) is 6.07 Å². The smallest absolute Gasteiger partial charge is 0.191 e. The number of nitrogens with one attached hydrogen (secondary N) is 2. The Morgan fingerprint density at radius 1 is 1.36 bits per heavy atom. The Hall–Kier alpha value is -0.540. The number of likely N-dealkylation sites (tertiary alicyclic amines) is 1. The highest BCUT2D eigenvalue weighted by Gasteiger charge is 2.21. The van der Waals surface area contributed by atoms with Crippen molar-refractivity contribution in [3.63, 3.8) is 0 Å². The summed E-state index contributed by atoms with van der Waals surface area (Å²) in [6.45, 7) is 7.56. The van der Waals surface area contributed by atoms with Crippen LogP contribution in [0.25, 0.3) is 0 Å². The second-order valence-electron chi connectivity index (χ2n) is 6.44. The summed E-state index contributed by atoms with van der Waals surface area (Å²) in [5, 5.41) is 6.94. The first-order valence-corrected chi connectivity index (χ1v) is 9.36. The molecule has 0 spiro atoms. The monoisotopic (exact) mass is 524 g/mol. The molecule has 1 aromatic rings. The molecule has 1 aliphatic heterocycles. The Bertz CT molecular complexity index is 560. The third-order valence-electron chi connectivity index (χ3n) is 4.50. The average molecular weight is 525 g/mol. The largest absolute Gasteiger partial charge is 0.496 e. The molecular weight excluding hydrogens is 495 g/mol. The van der Waals surface area contributed by atoms with Gasteiger partial charge in [0.2, 0.25) is 0 Å². The van der Waals surface area contributed by atoms with E-state index in [4.69, 9.17) is 4.74 Å². The van der Waals surface area contributed by atoms with Gasteiger partial charge in [0, 0.05) is 38.8 Å². The predicted octanol–water partition coefficient (Wildman–Crippen LogP) is 3.61. The Balaban J connectivity index is 0.00000312. The summed E-state index contributed by atoms with van der Waals surface area (Å²) in [4.78, 5) is 6.88. The van der Waals surface area contributed by atoms with Crippen molar-refractivity contribution >= 4 is 45.9 Å². The van der Waals surface area contributed by atoms with E-state index in [1.807, 2.05) is 13.1 Å². The van der Waals surface area contributed by atoms with E-state index in [9.17, 15) is 0 Å². The molecule has 1 saturated heterocycles. The van der Waals surface area contributed by atoms with E-state index in [0.29, 0.717) is 12.1 Å². The first-order valence-electron chi connectivity index (χ1n) is 8.57. The number of ether oxygens (including phenoxy) is 1. The van der Waals surface area contributed by atoms with Gasteiger partial charge in [0.15, 0.2) is 5.96 Å². The van der Waals surface area contributed by atoms with E-state index in [2.05, 4.69) is 62.4 Å². The van der Waals surface area contributed by atoms with Gasteiger partial charge >= 0.3 is 0 Å². The molecule has 2 rings (SSSR count). The zero-order chi connectivity index (χ0) is 17.5. The lowest BCUT2D eigenvalue weighted by Crippen LogP contribution is -2.49. The summed E-state index contributed by atoms with van der Waals surface area (Å²) in [6, 6.07) is 7.23. The number of nitrogens with zero attached hydrogens (tertiary/aromatic N) is 2. The zero-order valence-corrected chi connectivity index (χ0v) is 19.4. The Kier molecular flexibility index (Phi) is 10.1. The number of piperidine rings is 1. The molecule has 0 unspecified atom stereocenters. The maximum atomic E-state index is 5.27. The van der Waals surface area contributed by atoms with Crippen LogP contribution in [-0.4, -0.2) is 50.2 Å². The Morgan fingerprint density at radius 3 is 2.56 bits per heavy atom. The molecule has 0 amide bonds. The minimum atomic E-state index is 0. The van der Waals surface area contributed by atoms with Gasteiger partial charge in [-0.25, -0.2) is 0 Å². The molecule has 1 heterocycles. The summed E-state index contributed by atoms with van der Waals surface area (Å²) < 4.78 is 6.23. The SMILES string of the molecule is CN=C(NCc1ccc(OC)c(Br)c1)NC1CCN(C(C)C)CC1.I. The van der Waals surface area contributed by atoms with Gasteiger partial charge in [-0.05, 0) is 60.3 Å². The number of benzene rings is 1. The molecule has 0 radical (unpaired) electrons. The first-order chi connectivity index (χ1) is 11.5.